The highest BCUT2D eigenvalue weighted by Crippen LogP contribution is 1.96. The highest BCUT2D eigenvalue weighted by atomic mass is 35.5. The van der Waals surface area contributed by atoms with Gasteiger partial charge in [0.1, 0.15) is 6.20 Å². The second-order valence-electron chi connectivity index (χ2n) is 1.17. The molecule has 0 radical (unpaired) electrons. The molecule has 5 nitrogen and oxygen atoms in total. The molecule has 0 aliphatic carbocycles. The maximum Gasteiger partial charge on any atom is 0.432 e. The standard InChI is InChI=1S/C3H3N3O2.CH3Cl/c7-6(8)3-4-1-2-5-3;1-2/h1-2H,(H,4,5);1H3. The average molecular weight is 164 g/mol. The van der Waals surface area contributed by atoms with Crippen LogP contribution in [0.1, 0.15) is 0 Å². The van der Waals surface area contributed by atoms with E-state index in [4.69, 9.17) is 0 Å². The molecule has 0 unspecified atom stereocenters. The first-order chi connectivity index (χ1) is 4.80. The fraction of sp³-hybridized carbons (Fsp3) is 0.250. The first kappa shape index (κ1) is 8.90. The summed E-state index contributed by atoms with van der Waals surface area (Å²) in [5.41, 5.74) is 0. The van der Waals surface area contributed by atoms with Gasteiger partial charge in [0.25, 0.3) is 0 Å². The van der Waals surface area contributed by atoms with Crippen LogP contribution in [0.15, 0.2) is 12.4 Å². The quantitative estimate of drug-likeness (QED) is 0.384. The predicted octanol–water partition coefficient (Wildman–Crippen LogP) is 1.17. The van der Waals surface area contributed by atoms with Crippen molar-refractivity contribution in [3.8, 4) is 0 Å². The number of nitrogens with one attached hydrogen (secondary N) is 1. The summed E-state index contributed by atoms with van der Waals surface area (Å²) in [7, 11) is 0. The number of aromatic amines is 1. The summed E-state index contributed by atoms with van der Waals surface area (Å²) in [5, 5.41) is 9.77. The van der Waals surface area contributed by atoms with Gasteiger partial charge in [-0.2, -0.15) is 0 Å². The number of H-pyrrole nitrogens is 1. The Morgan fingerprint density at radius 3 is 2.60 bits per heavy atom. The third-order valence-corrected chi connectivity index (χ3v) is 0.657. The van der Waals surface area contributed by atoms with E-state index in [0.717, 1.165) is 0 Å². The Labute approximate surface area is 62.2 Å². The molecule has 10 heavy (non-hydrogen) atoms. The monoisotopic (exact) mass is 163 g/mol. The fourth-order valence-electron chi connectivity index (χ4n) is 0.357. The van der Waals surface area contributed by atoms with Gasteiger partial charge in [0, 0.05) is 6.38 Å². The number of halogens is 1. The summed E-state index contributed by atoms with van der Waals surface area (Å²) in [4.78, 5) is 14.9. The molecule has 0 atom stereocenters. The number of alkyl halides is 1. The smallest absolute Gasteiger partial charge is 0.390 e. The van der Waals surface area contributed by atoms with Crippen molar-refractivity contribution in [1.82, 2.24) is 9.97 Å². The highest BCUT2D eigenvalue weighted by molar-refractivity contribution is 6.15. The third-order valence-electron chi connectivity index (χ3n) is 0.657. The van der Waals surface area contributed by atoms with Gasteiger partial charge in [-0.3, -0.25) is 0 Å². The molecule has 0 aromatic carbocycles. The van der Waals surface area contributed by atoms with Crippen LogP contribution in [0.5, 0.6) is 0 Å². The highest BCUT2D eigenvalue weighted by Gasteiger charge is 2.01. The Morgan fingerprint density at radius 1 is 1.80 bits per heavy atom. The predicted molar refractivity (Wildman–Crippen MR) is 37.0 cm³/mol. The topological polar surface area (TPSA) is 71.8 Å². The zero-order valence-electron chi connectivity index (χ0n) is 5.24. The van der Waals surface area contributed by atoms with Crippen molar-refractivity contribution in [1.29, 1.82) is 0 Å². The lowest BCUT2D eigenvalue weighted by Crippen LogP contribution is -1.88. The van der Waals surface area contributed by atoms with E-state index in [1.54, 1.807) is 0 Å². The van der Waals surface area contributed by atoms with E-state index in [-0.39, 0.29) is 5.95 Å². The van der Waals surface area contributed by atoms with E-state index < -0.39 is 4.92 Å². The van der Waals surface area contributed by atoms with Crippen LogP contribution >= 0.6 is 11.6 Å². The van der Waals surface area contributed by atoms with Gasteiger partial charge in [0.05, 0.1) is 6.20 Å². The van der Waals surface area contributed by atoms with Crippen LogP contribution in [0, 0.1) is 10.1 Å². The molecule has 0 bridgehead atoms. The largest absolute Gasteiger partial charge is 0.432 e. The Kier molecular flexibility index (Phi) is 4.23. The minimum Gasteiger partial charge on any atom is -0.390 e. The molecule has 0 aliphatic rings. The zero-order valence-corrected chi connectivity index (χ0v) is 6.00. The number of imidazole rings is 1. The molecule has 6 heteroatoms. The summed E-state index contributed by atoms with van der Waals surface area (Å²) in [6.45, 7) is 0. The van der Waals surface area contributed by atoms with Crippen molar-refractivity contribution in [3.05, 3.63) is 22.5 Å². The van der Waals surface area contributed by atoms with Gasteiger partial charge in [-0.05, 0) is 4.92 Å². The molecular formula is C4H6ClN3O2. The maximum absolute atomic E-state index is 9.77. The number of nitrogens with zero attached hydrogens (tertiary/aromatic N) is 2. The van der Waals surface area contributed by atoms with E-state index in [2.05, 4.69) is 21.6 Å². The maximum atomic E-state index is 9.77. The van der Waals surface area contributed by atoms with E-state index >= 15 is 0 Å². The van der Waals surface area contributed by atoms with E-state index in [1.165, 1.54) is 18.8 Å². The molecule has 1 aromatic heterocycles. The van der Waals surface area contributed by atoms with E-state index in [0.29, 0.717) is 0 Å². The lowest BCUT2D eigenvalue weighted by atomic mass is 11.0. The third kappa shape index (κ3) is 2.45. The minimum absolute atomic E-state index is 0.218. The van der Waals surface area contributed by atoms with Crippen molar-refractivity contribution in [2.75, 3.05) is 6.38 Å². The molecule has 0 saturated carbocycles. The minimum atomic E-state index is -0.583. The summed E-state index contributed by atoms with van der Waals surface area (Å²) in [6.07, 6.45) is 4.20. The second-order valence-corrected chi connectivity index (χ2v) is 1.17. The van der Waals surface area contributed by atoms with Crippen LogP contribution in [0.25, 0.3) is 0 Å². The van der Waals surface area contributed by atoms with Gasteiger partial charge in [-0.25, -0.2) is 4.98 Å². The molecular weight excluding hydrogens is 158 g/mol. The molecule has 0 saturated heterocycles. The number of rotatable bonds is 1. The van der Waals surface area contributed by atoms with Gasteiger partial charge >= 0.3 is 5.95 Å². The van der Waals surface area contributed by atoms with Gasteiger partial charge < -0.3 is 10.1 Å². The number of nitro groups is 1. The summed E-state index contributed by atoms with van der Waals surface area (Å²) in [6, 6.07) is 0. The Hall–Kier alpha value is -1.10. The molecule has 1 heterocycles. The van der Waals surface area contributed by atoms with Gasteiger partial charge in [0.2, 0.25) is 0 Å². The molecule has 0 spiro atoms. The zero-order chi connectivity index (χ0) is 7.98. The molecule has 56 valence electrons. The van der Waals surface area contributed by atoms with Crippen LogP contribution in [0.3, 0.4) is 0 Å². The number of hydrogen-bond donors (Lipinski definition) is 1. The van der Waals surface area contributed by atoms with Gasteiger partial charge in [-0.1, -0.05) is 4.98 Å². The molecule has 1 aromatic rings. The summed E-state index contributed by atoms with van der Waals surface area (Å²) in [5.74, 6) is -0.218. The number of aromatic nitrogens is 2. The van der Waals surface area contributed by atoms with Gasteiger partial charge in [0.15, 0.2) is 0 Å². The second kappa shape index (κ2) is 4.75. The lowest BCUT2D eigenvalue weighted by Gasteiger charge is -1.83. The van der Waals surface area contributed by atoms with Crippen LogP contribution in [-0.4, -0.2) is 21.3 Å². The van der Waals surface area contributed by atoms with E-state index in [1.807, 2.05) is 0 Å². The number of hydrogen-bond acceptors (Lipinski definition) is 3. The molecule has 1 rings (SSSR count). The lowest BCUT2D eigenvalue weighted by molar-refractivity contribution is -0.393. The SMILES string of the molecule is CCl.O=[N+]([O-])c1ncc[nH]1. The molecule has 0 aliphatic heterocycles. The first-order valence-corrected chi connectivity index (χ1v) is 3.08. The molecule has 0 fully saturated rings. The van der Waals surface area contributed by atoms with Crippen molar-refractivity contribution in [3.63, 3.8) is 0 Å². The summed E-state index contributed by atoms with van der Waals surface area (Å²) >= 11 is 4.64. The van der Waals surface area contributed by atoms with Crippen LogP contribution in [0.2, 0.25) is 0 Å². The Morgan fingerprint density at radius 2 is 2.40 bits per heavy atom. The van der Waals surface area contributed by atoms with Gasteiger partial charge in [-0.15, -0.1) is 11.6 Å². The Bertz CT molecular complexity index is 186. The van der Waals surface area contributed by atoms with Crippen LogP contribution in [-0.2, 0) is 0 Å². The van der Waals surface area contributed by atoms with Crippen molar-refractivity contribution >= 4 is 17.5 Å². The van der Waals surface area contributed by atoms with Crippen molar-refractivity contribution in [2.24, 2.45) is 0 Å². The Balaban J connectivity index is 0.000000371. The van der Waals surface area contributed by atoms with E-state index in [9.17, 15) is 10.1 Å². The van der Waals surface area contributed by atoms with Crippen LogP contribution in [0.4, 0.5) is 5.95 Å². The first-order valence-electron chi connectivity index (χ1n) is 2.32. The van der Waals surface area contributed by atoms with Crippen molar-refractivity contribution < 1.29 is 4.92 Å². The summed E-state index contributed by atoms with van der Waals surface area (Å²) < 4.78 is 0. The van der Waals surface area contributed by atoms with Crippen LogP contribution < -0.4 is 0 Å². The average Bonchev–Trinajstić information content (AvgIpc) is 2.42. The van der Waals surface area contributed by atoms with Crippen molar-refractivity contribution in [2.45, 2.75) is 0 Å². The molecule has 1 N–H and O–H groups in total. The molecule has 0 amide bonds. The fourth-order valence-corrected chi connectivity index (χ4v) is 0.357. The normalized spacial score (nSPS) is 7.80.